The summed E-state index contributed by atoms with van der Waals surface area (Å²) in [6, 6.07) is 7.75. The zero-order valence-electron chi connectivity index (χ0n) is 19.9. The van der Waals surface area contributed by atoms with E-state index < -0.39 is 12.0 Å². The number of Topliss-reactive ketones (excluding diaryl/α,β-unsaturated/α-hetero) is 1. The number of benzene rings is 1. The average molecular weight is 477 g/mol. The predicted molar refractivity (Wildman–Crippen MR) is 124 cm³/mol. The highest BCUT2D eigenvalue weighted by Gasteiger charge is 2.56. The fraction of sp³-hybridized carbons (Fsp3) is 0.481. The summed E-state index contributed by atoms with van der Waals surface area (Å²) < 4.78 is 16.6. The molecule has 1 aromatic heterocycles. The number of rotatable bonds is 3. The lowest BCUT2D eigenvalue weighted by atomic mass is 9.63. The summed E-state index contributed by atoms with van der Waals surface area (Å²) >= 11 is 0. The second-order valence-electron chi connectivity index (χ2n) is 10.1. The number of aryl methyl sites for hydroxylation is 1. The number of hydrogen-bond acceptors (Lipinski definition) is 7. The van der Waals surface area contributed by atoms with E-state index in [0.29, 0.717) is 40.1 Å². The van der Waals surface area contributed by atoms with Crippen LogP contribution < -0.4 is 4.90 Å². The number of aromatic nitrogens is 1. The van der Waals surface area contributed by atoms with Gasteiger partial charge in [0.25, 0.3) is 5.91 Å². The van der Waals surface area contributed by atoms with Gasteiger partial charge in [0.1, 0.15) is 11.9 Å². The molecule has 2 aliphatic carbocycles. The van der Waals surface area contributed by atoms with Crippen LogP contribution in [0, 0.1) is 24.7 Å². The standard InChI is InChI=1S/C27H28N2O6/c1-14-13-20(28-35-14)29-22(16-7-9-17(10-8-16)27(32)33-2)21-23(30)19-12-11-15-5-3-4-6-18(15)24(19)34-25(21)26(29)31/h7-10,13,15,18-19,22,24H,3-6,11-12H2,1-2H3. The van der Waals surface area contributed by atoms with Crippen molar-refractivity contribution >= 4 is 23.5 Å². The first-order valence-electron chi connectivity index (χ1n) is 12.4. The Morgan fingerprint density at radius 1 is 1.09 bits per heavy atom. The number of amides is 1. The molecule has 0 spiro atoms. The van der Waals surface area contributed by atoms with Crippen molar-refractivity contribution in [2.24, 2.45) is 17.8 Å². The van der Waals surface area contributed by atoms with Gasteiger partial charge >= 0.3 is 5.97 Å². The van der Waals surface area contributed by atoms with Crippen LogP contribution in [-0.4, -0.2) is 36.0 Å². The fourth-order valence-corrected chi connectivity index (χ4v) is 6.56. The van der Waals surface area contributed by atoms with Crippen LogP contribution >= 0.6 is 0 Å². The molecule has 8 heteroatoms. The molecule has 3 heterocycles. The number of nitrogens with zero attached hydrogens (tertiary/aromatic N) is 2. The maximum Gasteiger partial charge on any atom is 0.337 e. The summed E-state index contributed by atoms with van der Waals surface area (Å²) in [7, 11) is 1.33. The van der Waals surface area contributed by atoms with Gasteiger partial charge in [0.2, 0.25) is 0 Å². The quantitative estimate of drug-likeness (QED) is 0.609. The molecule has 2 fully saturated rings. The van der Waals surface area contributed by atoms with Crippen molar-refractivity contribution in [2.75, 3.05) is 12.0 Å². The lowest BCUT2D eigenvalue weighted by Gasteiger charge is -2.46. The van der Waals surface area contributed by atoms with Gasteiger partial charge < -0.3 is 14.0 Å². The van der Waals surface area contributed by atoms with Crippen molar-refractivity contribution in [1.29, 1.82) is 0 Å². The van der Waals surface area contributed by atoms with Gasteiger partial charge in [-0.25, -0.2) is 4.79 Å². The molecule has 0 bridgehead atoms. The first-order chi connectivity index (χ1) is 17.0. The molecule has 182 valence electrons. The smallest absolute Gasteiger partial charge is 0.337 e. The van der Waals surface area contributed by atoms with Gasteiger partial charge in [0, 0.05) is 6.07 Å². The molecular formula is C27H28N2O6. The Labute approximate surface area is 203 Å². The Morgan fingerprint density at radius 2 is 1.86 bits per heavy atom. The van der Waals surface area contributed by atoms with Gasteiger partial charge in [-0.3, -0.25) is 14.5 Å². The monoisotopic (exact) mass is 476 g/mol. The predicted octanol–water partition coefficient (Wildman–Crippen LogP) is 4.30. The normalized spacial score (nSPS) is 29.9. The minimum absolute atomic E-state index is 0.00150. The van der Waals surface area contributed by atoms with Crippen molar-refractivity contribution in [3.05, 3.63) is 58.6 Å². The van der Waals surface area contributed by atoms with Crippen molar-refractivity contribution in [1.82, 2.24) is 5.16 Å². The molecule has 4 aliphatic rings. The number of hydrogen-bond donors (Lipinski definition) is 0. The molecule has 2 saturated carbocycles. The number of ketones is 1. The number of ether oxygens (including phenoxy) is 2. The summed E-state index contributed by atoms with van der Waals surface area (Å²) in [5.41, 5.74) is 1.47. The van der Waals surface area contributed by atoms with Crippen LogP contribution in [0.4, 0.5) is 5.82 Å². The number of carbonyl (C=O) groups excluding carboxylic acids is 3. The van der Waals surface area contributed by atoms with E-state index in [0.717, 1.165) is 25.7 Å². The maximum atomic E-state index is 14.0. The summed E-state index contributed by atoms with van der Waals surface area (Å²) in [4.78, 5) is 41.2. The van der Waals surface area contributed by atoms with E-state index in [1.54, 1.807) is 37.3 Å². The van der Waals surface area contributed by atoms with Gasteiger partial charge in [0.05, 0.1) is 30.2 Å². The number of carbonyl (C=O) groups is 3. The molecular weight excluding hydrogens is 448 g/mol. The van der Waals surface area contributed by atoms with E-state index >= 15 is 0 Å². The molecule has 35 heavy (non-hydrogen) atoms. The van der Waals surface area contributed by atoms with Gasteiger partial charge in [-0.05, 0) is 55.7 Å². The molecule has 0 saturated heterocycles. The molecule has 0 N–H and O–H groups in total. The number of fused-ring (bicyclic) bond motifs is 3. The lowest BCUT2D eigenvalue weighted by Crippen LogP contribution is -2.48. The maximum absolute atomic E-state index is 14.0. The molecule has 0 radical (unpaired) electrons. The third kappa shape index (κ3) is 3.41. The van der Waals surface area contributed by atoms with Crippen LogP contribution in [0.2, 0.25) is 0 Å². The van der Waals surface area contributed by atoms with Crippen LogP contribution in [0.25, 0.3) is 0 Å². The van der Waals surface area contributed by atoms with Crippen molar-refractivity contribution in [3.8, 4) is 0 Å². The highest BCUT2D eigenvalue weighted by molar-refractivity contribution is 6.17. The Hall–Kier alpha value is -3.42. The first kappa shape index (κ1) is 22.1. The van der Waals surface area contributed by atoms with Crippen molar-refractivity contribution in [3.63, 3.8) is 0 Å². The average Bonchev–Trinajstić information content (AvgIpc) is 3.44. The first-order valence-corrected chi connectivity index (χ1v) is 12.4. The Kier molecular flexibility index (Phi) is 5.27. The number of methoxy groups -OCH3 is 1. The Bertz CT molecular complexity index is 1230. The van der Waals surface area contributed by atoms with E-state index in [1.807, 2.05) is 0 Å². The van der Waals surface area contributed by atoms with Gasteiger partial charge in [-0.15, -0.1) is 0 Å². The highest BCUT2D eigenvalue weighted by Crippen LogP contribution is 2.52. The Morgan fingerprint density at radius 3 is 2.57 bits per heavy atom. The SMILES string of the molecule is COC(=O)c1ccc(C2C3=C(OC4C(CCC5CCCCC54)C3=O)C(=O)N2c2cc(C)on2)cc1. The van der Waals surface area contributed by atoms with Crippen molar-refractivity contribution in [2.45, 2.75) is 57.6 Å². The third-order valence-electron chi connectivity index (χ3n) is 8.19. The van der Waals surface area contributed by atoms with Crippen LogP contribution in [0.1, 0.15) is 66.2 Å². The molecule has 2 aromatic rings. The molecule has 5 unspecified atom stereocenters. The molecule has 2 aliphatic heterocycles. The highest BCUT2D eigenvalue weighted by atomic mass is 16.5. The summed E-state index contributed by atoms with van der Waals surface area (Å²) in [6.07, 6.45) is 6.15. The second kappa shape index (κ2) is 8.36. The second-order valence-corrected chi connectivity index (χ2v) is 10.1. The van der Waals surface area contributed by atoms with Crippen LogP contribution in [0.15, 0.2) is 46.2 Å². The topological polar surface area (TPSA) is 98.9 Å². The zero-order valence-corrected chi connectivity index (χ0v) is 19.9. The van der Waals surface area contributed by atoms with E-state index in [4.69, 9.17) is 14.0 Å². The number of esters is 1. The Balaban J connectivity index is 1.44. The lowest BCUT2D eigenvalue weighted by molar-refractivity contribution is -0.139. The van der Waals surface area contributed by atoms with Crippen LogP contribution in [0.5, 0.6) is 0 Å². The molecule has 8 nitrogen and oxygen atoms in total. The van der Waals surface area contributed by atoms with E-state index in [-0.39, 0.29) is 29.5 Å². The van der Waals surface area contributed by atoms with Crippen molar-refractivity contribution < 1.29 is 28.4 Å². The number of anilines is 1. The summed E-state index contributed by atoms with van der Waals surface area (Å²) in [5, 5.41) is 4.08. The summed E-state index contributed by atoms with van der Waals surface area (Å²) in [6.45, 7) is 1.75. The van der Waals surface area contributed by atoms with Gasteiger partial charge in [0.15, 0.2) is 17.4 Å². The largest absolute Gasteiger partial charge is 0.483 e. The van der Waals surface area contributed by atoms with Gasteiger partial charge in [-0.1, -0.05) is 36.6 Å². The third-order valence-corrected chi connectivity index (χ3v) is 8.19. The van der Waals surface area contributed by atoms with Gasteiger partial charge in [-0.2, -0.15) is 0 Å². The van der Waals surface area contributed by atoms with E-state index in [1.165, 1.54) is 24.9 Å². The van der Waals surface area contributed by atoms with Crippen LogP contribution in [-0.2, 0) is 19.1 Å². The molecule has 1 amide bonds. The zero-order chi connectivity index (χ0) is 24.3. The van der Waals surface area contributed by atoms with E-state index in [9.17, 15) is 14.4 Å². The van der Waals surface area contributed by atoms with E-state index in [2.05, 4.69) is 5.16 Å². The fourth-order valence-electron chi connectivity index (χ4n) is 6.56. The summed E-state index contributed by atoms with van der Waals surface area (Å²) in [5.74, 6) is 0.844. The van der Waals surface area contributed by atoms with Crippen LogP contribution in [0.3, 0.4) is 0 Å². The minimum atomic E-state index is -0.703. The molecule has 6 rings (SSSR count). The molecule has 1 aromatic carbocycles. The minimum Gasteiger partial charge on any atom is -0.483 e. The molecule has 5 atom stereocenters.